The summed E-state index contributed by atoms with van der Waals surface area (Å²) in [5.41, 5.74) is 0. The summed E-state index contributed by atoms with van der Waals surface area (Å²) in [4.78, 5) is 0. The standard InChI is InChI=1S/C12H21N3OS/c1-2-3-4-7-11-13-14-12(17)15(11)9-10-6-5-8-16-10/h10H,2-9H2,1H3,(H,14,17)/t10-/m1/s1. The Morgan fingerprint density at radius 3 is 3.12 bits per heavy atom. The molecule has 0 saturated carbocycles. The van der Waals surface area contributed by atoms with Gasteiger partial charge in [0.1, 0.15) is 5.82 Å². The first kappa shape index (κ1) is 12.8. The minimum Gasteiger partial charge on any atom is -0.376 e. The van der Waals surface area contributed by atoms with Crippen LogP contribution in [0.15, 0.2) is 0 Å². The molecule has 1 aliphatic heterocycles. The van der Waals surface area contributed by atoms with Crippen LogP contribution in [0.1, 0.15) is 44.9 Å². The molecule has 2 heterocycles. The number of hydrogen-bond acceptors (Lipinski definition) is 3. The molecule has 1 N–H and O–H groups in total. The van der Waals surface area contributed by atoms with Gasteiger partial charge in [0.25, 0.3) is 0 Å². The topological polar surface area (TPSA) is 42.8 Å². The Labute approximate surface area is 107 Å². The molecule has 0 unspecified atom stereocenters. The number of aromatic nitrogens is 3. The Kier molecular flexibility index (Phi) is 4.74. The third kappa shape index (κ3) is 3.39. The van der Waals surface area contributed by atoms with Crippen molar-refractivity contribution in [3.05, 3.63) is 10.6 Å². The van der Waals surface area contributed by atoms with Crippen molar-refractivity contribution >= 4 is 12.2 Å². The summed E-state index contributed by atoms with van der Waals surface area (Å²) in [6.07, 6.45) is 7.30. The lowest BCUT2D eigenvalue weighted by atomic mass is 10.2. The lowest BCUT2D eigenvalue weighted by molar-refractivity contribution is 0.0958. The molecule has 17 heavy (non-hydrogen) atoms. The molecule has 0 bridgehead atoms. The van der Waals surface area contributed by atoms with Gasteiger partial charge in [-0.05, 0) is 31.5 Å². The Morgan fingerprint density at radius 2 is 2.41 bits per heavy atom. The van der Waals surface area contributed by atoms with Gasteiger partial charge in [0, 0.05) is 13.0 Å². The number of H-pyrrole nitrogens is 1. The zero-order valence-electron chi connectivity index (χ0n) is 10.4. The number of rotatable bonds is 6. The highest BCUT2D eigenvalue weighted by Gasteiger charge is 2.18. The molecular formula is C12H21N3OS. The first-order valence-corrected chi connectivity index (χ1v) is 6.97. The Balaban J connectivity index is 1.98. The zero-order valence-corrected chi connectivity index (χ0v) is 11.3. The molecule has 0 aliphatic carbocycles. The fraction of sp³-hybridized carbons (Fsp3) is 0.833. The SMILES string of the molecule is CCCCCc1n[nH]c(=S)n1C[C@H]1CCCO1. The fourth-order valence-electron chi connectivity index (χ4n) is 2.25. The number of aryl methyl sites for hydroxylation is 1. The van der Waals surface area contributed by atoms with Crippen LogP contribution in [0.4, 0.5) is 0 Å². The van der Waals surface area contributed by atoms with Gasteiger partial charge in [-0.15, -0.1) is 0 Å². The predicted octanol–water partition coefficient (Wildman–Crippen LogP) is 2.85. The van der Waals surface area contributed by atoms with E-state index in [1.807, 2.05) is 0 Å². The number of ether oxygens (including phenoxy) is 1. The van der Waals surface area contributed by atoms with Crippen molar-refractivity contribution in [2.45, 2.75) is 58.1 Å². The highest BCUT2D eigenvalue weighted by Crippen LogP contribution is 2.15. The lowest BCUT2D eigenvalue weighted by Crippen LogP contribution is -2.17. The smallest absolute Gasteiger partial charge is 0.195 e. The summed E-state index contributed by atoms with van der Waals surface area (Å²) in [6.45, 7) is 3.96. The Bertz CT molecular complexity index is 393. The van der Waals surface area contributed by atoms with E-state index >= 15 is 0 Å². The van der Waals surface area contributed by atoms with Crippen LogP contribution in [0.5, 0.6) is 0 Å². The largest absolute Gasteiger partial charge is 0.376 e. The van der Waals surface area contributed by atoms with Gasteiger partial charge >= 0.3 is 0 Å². The predicted molar refractivity (Wildman–Crippen MR) is 69.6 cm³/mol. The second-order valence-corrected chi connectivity index (χ2v) is 5.03. The van der Waals surface area contributed by atoms with Crippen LogP contribution >= 0.6 is 12.2 Å². The second-order valence-electron chi connectivity index (χ2n) is 4.65. The molecular weight excluding hydrogens is 234 g/mol. The number of nitrogens with zero attached hydrogens (tertiary/aromatic N) is 2. The molecule has 5 heteroatoms. The Hall–Kier alpha value is -0.680. The normalized spacial score (nSPS) is 19.9. The molecule has 4 nitrogen and oxygen atoms in total. The van der Waals surface area contributed by atoms with E-state index in [0.717, 1.165) is 36.6 Å². The molecule has 0 spiro atoms. The van der Waals surface area contributed by atoms with Crippen LogP contribution in [-0.2, 0) is 17.7 Å². The molecule has 2 rings (SSSR count). The Morgan fingerprint density at radius 1 is 1.53 bits per heavy atom. The molecule has 0 radical (unpaired) electrons. The summed E-state index contributed by atoms with van der Waals surface area (Å²) in [5, 5.41) is 7.22. The maximum Gasteiger partial charge on any atom is 0.195 e. The number of unbranched alkanes of at least 4 members (excludes halogenated alkanes) is 2. The van der Waals surface area contributed by atoms with Gasteiger partial charge in [-0.25, -0.2) is 0 Å². The van der Waals surface area contributed by atoms with Crippen LogP contribution in [0, 0.1) is 4.77 Å². The van der Waals surface area contributed by atoms with Crippen molar-refractivity contribution in [3.63, 3.8) is 0 Å². The fourth-order valence-corrected chi connectivity index (χ4v) is 2.48. The van der Waals surface area contributed by atoms with Crippen molar-refractivity contribution < 1.29 is 4.74 Å². The van der Waals surface area contributed by atoms with Crippen molar-refractivity contribution in [2.75, 3.05) is 6.61 Å². The van der Waals surface area contributed by atoms with E-state index in [0.29, 0.717) is 6.10 Å². The summed E-state index contributed by atoms with van der Waals surface area (Å²) < 4.78 is 8.49. The van der Waals surface area contributed by atoms with Gasteiger partial charge in [-0.1, -0.05) is 19.8 Å². The molecule has 0 amide bonds. The first-order chi connectivity index (χ1) is 8.31. The average molecular weight is 255 g/mol. The zero-order chi connectivity index (χ0) is 12.1. The highest BCUT2D eigenvalue weighted by atomic mass is 32.1. The van der Waals surface area contributed by atoms with Gasteiger partial charge < -0.3 is 9.30 Å². The number of hydrogen-bond donors (Lipinski definition) is 1. The van der Waals surface area contributed by atoms with Gasteiger partial charge in [0.15, 0.2) is 4.77 Å². The van der Waals surface area contributed by atoms with Crippen molar-refractivity contribution in [1.82, 2.24) is 14.8 Å². The van der Waals surface area contributed by atoms with Crippen LogP contribution in [0.2, 0.25) is 0 Å². The van der Waals surface area contributed by atoms with Crippen LogP contribution in [0.25, 0.3) is 0 Å². The second kappa shape index (κ2) is 6.31. The van der Waals surface area contributed by atoms with Crippen molar-refractivity contribution in [2.24, 2.45) is 0 Å². The van der Waals surface area contributed by atoms with E-state index in [-0.39, 0.29) is 0 Å². The van der Waals surface area contributed by atoms with E-state index in [1.165, 1.54) is 25.7 Å². The van der Waals surface area contributed by atoms with Crippen molar-refractivity contribution in [1.29, 1.82) is 0 Å². The van der Waals surface area contributed by atoms with Crippen LogP contribution in [0.3, 0.4) is 0 Å². The van der Waals surface area contributed by atoms with E-state index in [9.17, 15) is 0 Å². The summed E-state index contributed by atoms with van der Waals surface area (Å²) >= 11 is 5.28. The monoisotopic (exact) mass is 255 g/mol. The highest BCUT2D eigenvalue weighted by molar-refractivity contribution is 7.71. The van der Waals surface area contributed by atoms with E-state index in [2.05, 4.69) is 21.7 Å². The maximum absolute atomic E-state index is 5.65. The number of aromatic amines is 1. The molecule has 1 saturated heterocycles. The van der Waals surface area contributed by atoms with Gasteiger partial charge in [-0.3, -0.25) is 5.10 Å². The summed E-state index contributed by atoms with van der Waals surface area (Å²) in [7, 11) is 0. The quantitative estimate of drug-likeness (QED) is 0.628. The maximum atomic E-state index is 5.65. The molecule has 96 valence electrons. The first-order valence-electron chi connectivity index (χ1n) is 6.57. The average Bonchev–Trinajstić information content (AvgIpc) is 2.94. The minimum atomic E-state index is 0.323. The van der Waals surface area contributed by atoms with Gasteiger partial charge in [0.05, 0.1) is 12.6 Å². The molecule has 1 atom stereocenters. The van der Waals surface area contributed by atoms with Gasteiger partial charge in [-0.2, -0.15) is 5.10 Å². The van der Waals surface area contributed by atoms with Crippen LogP contribution in [-0.4, -0.2) is 27.5 Å². The minimum absolute atomic E-state index is 0.323. The summed E-state index contributed by atoms with van der Waals surface area (Å²) in [6, 6.07) is 0. The molecule has 0 aromatic carbocycles. The van der Waals surface area contributed by atoms with Gasteiger partial charge in [0.2, 0.25) is 0 Å². The lowest BCUT2D eigenvalue weighted by Gasteiger charge is -2.12. The third-order valence-electron chi connectivity index (χ3n) is 3.25. The van der Waals surface area contributed by atoms with E-state index < -0.39 is 0 Å². The van der Waals surface area contributed by atoms with E-state index in [1.54, 1.807) is 0 Å². The van der Waals surface area contributed by atoms with Crippen molar-refractivity contribution in [3.8, 4) is 0 Å². The third-order valence-corrected chi connectivity index (χ3v) is 3.56. The molecule has 1 aliphatic rings. The van der Waals surface area contributed by atoms with E-state index in [4.69, 9.17) is 17.0 Å². The molecule has 1 aromatic rings. The summed E-state index contributed by atoms with van der Waals surface area (Å²) in [5.74, 6) is 1.08. The van der Waals surface area contributed by atoms with Crippen LogP contribution < -0.4 is 0 Å². The molecule has 1 fully saturated rings. The number of nitrogens with one attached hydrogen (secondary N) is 1. The molecule has 1 aromatic heterocycles.